The van der Waals surface area contributed by atoms with Gasteiger partial charge in [-0.15, -0.1) is 0 Å². The van der Waals surface area contributed by atoms with Crippen LogP contribution < -0.4 is 14.2 Å². The molecular weight excluding hydrogens is 358 g/mol. The molecule has 28 heavy (non-hydrogen) atoms. The van der Waals surface area contributed by atoms with Crippen molar-refractivity contribution in [3.8, 4) is 11.5 Å². The van der Waals surface area contributed by atoms with Gasteiger partial charge in [0.15, 0.2) is 23.9 Å². The largest absolute Gasteiger partial charge is 0.619 e. The summed E-state index contributed by atoms with van der Waals surface area (Å²) in [6.45, 7) is 3.49. The van der Waals surface area contributed by atoms with Gasteiger partial charge in [-0.05, 0) is 63.2 Å². The summed E-state index contributed by atoms with van der Waals surface area (Å²) in [6.07, 6.45) is 5.95. The quantitative estimate of drug-likeness (QED) is 0.515. The summed E-state index contributed by atoms with van der Waals surface area (Å²) in [7, 11) is 2.10. The van der Waals surface area contributed by atoms with E-state index in [1.165, 1.54) is 6.20 Å². The first-order valence-electron chi connectivity index (χ1n) is 9.68. The SMILES string of the molecule is CN(CCCc1ccc[n+]([O-])c1)CCCN1Cc2cc3c(cc2C1=O)OCO3. The zero-order chi connectivity index (χ0) is 19.5. The number of benzene rings is 1. The fraction of sp³-hybridized carbons (Fsp3) is 0.429. The van der Waals surface area contributed by atoms with Crippen LogP contribution in [0.2, 0.25) is 0 Å². The van der Waals surface area contributed by atoms with Crippen molar-refractivity contribution in [1.82, 2.24) is 9.80 Å². The highest BCUT2D eigenvalue weighted by atomic mass is 16.7. The number of fused-ring (bicyclic) bond motifs is 2. The Morgan fingerprint density at radius 2 is 2.00 bits per heavy atom. The summed E-state index contributed by atoms with van der Waals surface area (Å²) in [5, 5.41) is 11.3. The van der Waals surface area contributed by atoms with Crippen LogP contribution in [0.5, 0.6) is 11.5 Å². The van der Waals surface area contributed by atoms with Gasteiger partial charge in [0.05, 0.1) is 0 Å². The lowest BCUT2D eigenvalue weighted by molar-refractivity contribution is -0.605. The summed E-state index contributed by atoms with van der Waals surface area (Å²) in [6, 6.07) is 7.50. The van der Waals surface area contributed by atoms with Gasteiger partial charge in [-0.25, -0.2) is 0 Å². The lowest BCUT2D eigenvalue weighted by atomic mass is 10.1. The second kappa shape index (κ2) is 8.06. The van der Waals surface area contributed by atoms with Crippen LogP contribution in [0.3, 0.4) is 0 Å². The van der Waals surface area contributed by atoms with Crippen LogP contribution in [0.1, 0.15) is 34.3 Å². The molecule has 0 fully saturated rings. The lowest BCUT2D eigenvalue weighted by Gasteiger charge is -2.20. The highest BCUT2D eigenvalue weighted by molar-refractivity contribution is 5.99. The van der Waals surface area contributed by atoms with E-state index >= 15 is 0 Å². The molecule has 0 radical (unpaired) electrons. The third-order valence-electron chi connectivity index (χ3n) is 5.29. The van der Waals surface area contributed by atoms with Crippen LogP contribution in [-0.4, -0.2) is 49.2 Å². The Hall–Kier alpha value is -2.80. The molecule has 0 unspecified atom stereocenters. The minimum Gasteiger partial charge on any atom is -0.619 e. The Labute approximate surface area is 164 Å². The van der Waals surface area contributed by atoms with E-state index in [0.717, 1.165) is 66.1 Å². The van der Waals surface area contributed by atoms with Crippen molar-refractivity contribution in [2.45, 2.75) is 25.8 Å². The van der Waals surface area contributed by atoms with Gasteiger partial charge in [0, 0.05) is 30.3 Å². The molecule has 0 N–H and O–H groups in total. The molecule has 2 aliphatic rings. The van der Waals surface area contributed by atoms with E-state index < -0.39 is 0 Å². The third kappa shape index (κ3) is 4.04. The molecule has 148 valence electrons. The van der Waals surface area contributed by atoms with Gasteiger partial charge < -0.3 is 24.5 Å². The Morgan fingerprint density at radius 1 is 1.21 bits per heavy atom. The molecular formula is C21H25N3O4. The number of carbonyl (C=O) groups excluding carboxylic acids is 1. The number of rotatable bonds is 8. The first kappa shape index (κ1) is 18.6. The normalized spacial score (nSPS) is 14.8. The van der Waals surface area contributed by atoms with Gasteiger partial charge in [0.1, 0.15) is 0 Å². The second-order valence-corrected chi connectivity index (χ2v) is 7.42. The zero-order valence-electron chi connectivity index (χ0n) is 16.1. The summed E-state index contributed by atoms with van der Waals surface area (Å²) >= 11 is 0. The van der Waals surface area contributed by atoms with Gasteiger partial charge in [0.25, 0.3) is 5.91 Å². The molecule has 4 rings (SSSR count). The molecule has 7 heteroatoms. The smallest absolute Gasteiger partial charge is 0.254 e. The van der Waals surface area contributed by atoms with E-state index in [0.29, 0.717) is 12.3 Å². The number of pyridine rings is 1. The number of hydrogen-bond acceptors (Lipinski definition) is 5. The maximum absolute atomic E-state index is 12.6. The average molecular weight is 383 g/mol. The molecule has 1 amide bonds. The number of carbonyl (C=O) groups is 1. The predicted octanol–water partition coefficient (Wildman–Crippen LogP) is 1.96. The van der Waals surface area contributed by atoms with Crippen LogP contribution in [0.25, 0.3) is 0 Å². The Kier molecular flexibility index (Phi) is 5.34. The maximum atomic E-state index is 12.6. The maximum Gasteiger partial charge on any atom is 0.254 e. The summed E-state index contributed by atoms with van der Waals surface area (Å²) in [5.74, 6) is 1.47. The number of hydrogen-bond donors (Lipinski definition) is 0. The molecule has 0 spiro atoms. The molecule has 2 aromatic rings. The van der Waals surface area contributed by atoms with Gasteiger partial charge in [-0.3, -0.25) is 4.79 Å². The minimum absolute atomic E-state index is 0.0750. The highest BCUT2D eigenvalue weighted by Crippen LogP contribution is 2.37. The fourth-order valence-corrected chi connectivity index (χ4v) is 3.79. The average Bonchev–Trinajstić information content (AvgIpc) is 3.24. The molecule has 0 aliphatic carbocycles. The lowest BCUT2D eigenvalue weighted by Crippen LogP contribution is -2.29. The van der Waals surface area contributed by atoms with Crippen molar-refractivity contribution in [2.75, 3.05) is 33.5 Å². The van der Waals surface area contributed by atoms with E-state index in [-0.39, 0.29) is 12.7 Å². The van der Waals surface area contributed by atoms with E-state index in [2.05, 4.69) is 11.9 Å². The molecule has 1 aromatic heterocycles. The van der Waals surface area contributed by atoms with E-state index in [1.807, 2.05) is 17.0 Å². The van der Waals surface area contributed by atoms with Gasteiger partial charge in [0.2, 0.25) is 6.79 Å². The molecule has 2 aliphatic heterocycles. The Morgan fingerprint density at radius 3 is 2.82 bits per heavy atom. The van der Waals surface area contributed by atoms with Gasteiger partial charge in [-0.1, -0.05) is 0 Å². The first-order chi connectivity index (χ1) is 13.6. The van der Waals surface area contributed by atoms with E-state index in [4.69, 9.17) is 9.47 Å². The van der Waals surface area contributed by atoms with Gasteiger partial charge >= 0.3 is 0 Å². The number of amides is 1. The number of aryl methyl sites for hydroxylation is 1. The van der Waals surface area contributed by atoms with Crippen LogP contribution in [-0.2, 0) is 13.0 Å². The zero-order valence-corrected chi connectivity index (χ0v) is 16.1. The molecule has 7 nitrogen and oxygen atoms in total. The molecule has 0 bridgehead atoms. The van der Waals surface area contributed by atoms with Gasteiger partial charge in [-0.2, -0.15) is 4.73 Å². The van der Waals surface area contributed by atoms with Crippen LogP contribution in [0.4, 0.5) is 0 Å². The fourth-order valence-electron chi connectivity index (χ4n) is 3.79. The van der Waals surface area contributed by atoms with Crippen molar-refractivity contribution in [3.63, 3.8) is 0 Å². The number of aromatic nitrogens is 1. The number of ether oxygens (including phenoxy) is 2. The third-order valence-corrected chi connectivity index (χ3v) is 5.29. The van der Waals surface area contributed by atoms with E-state index in [1.54, 1.807) is 18.3 Å². The topological polar surface area (TPSA) is 69.0 Å². The molecule has 1 aromatic carbocycles. The minimum atomic E-state index is 0.0750. The Balaban J connectivity index is 1.19. The predicted molar refractivity (Wildman–Crippen MR) is 103 cm³/mol. The molecule has 3 heterocycles. The Bertz CT molecular complexity index is 871. The van der Waals surface area contributed by atoms with Crippen LogP contribution in [0, 0.1) is 5.21 Å². The standard InChI is InChI=1S/C21H25N3O4/c1-22(7-2-5-16-6-3-10-24(26)13-16)8-4-9-23-14-17-11-19-20(28-15-27-19)12-18(17)21(23)25/h3,6,10-13H,2,4-5,7-9,14-15H2,1H3. The van der Waals surface area contributed by atoms with E-state index in [9.17, 15) is 10.0 Å². The van der Waals surface area contributed by atoms with Crippen LogP contribution >= 0.6 is 0 Å². The van der Waals surface area contributed by atoms with Crippen molar-refractivity contribution in [1.29, 1.82) is 0 Å². The molecule has 0 saturated heterocycles. The number of nitrogens with zero attached hydrogens (tertiary/aromatic N) is 3. The van der Waals surface area contributed by atoms with Crippen molar-refractivity contribution >= 4 is 5.91 Å². The van der Waals surface area contributed by atoms with Crippen molar-refractivity contribution in [3.05, 3.63) is 58.6 Å². The summed E-state index contributed by atoms with van der Waals surface area (Å²) in [4.78, 5) is 16.8. The monoisotopic (exact) mass is 383 g/mol. The van der Waals surface area contributed by atoms with Crippen molar-refractivity contribution in [2.24, 2.45) is 0 Å². The first-order valence-corrected chi connectivity index (χ1v) is 9.68. The second-order valence-electron chi connectivity index (χ2n) is 7.42. The molecule has 0 saturated carbocycles. The molecule has 0 atom stereocenters. The highest BCUT2D eigenvalue weighted by Gasteiger charge is 2.30. The van der Waals surface area contributed by atoms with Crippen LogP contribution in [0.15, 0.2) is 36.7 Å². The van der Waals surface area contributed by atoms with Crippen molar-refractivity contribution < 1.29 is 19.0 Å². The summed E-state index contributed by atoms with van der Waals surface area (Å²) < 4.78 is 11.6. The summed E-state index contributed by atoms with van der Waals surface area (Å²) in [5.41, 5.74) is 2.81.